The predicted molar refractivity (Wildman–Crippen MR) is 129 cm³/mol. The standard InChI is InChI=1S/C29H25NO/c1-20(31)21-13-15-23(16-14-21)30(22-9-5-4-6-10-22)24-17-18-26-25-11-7-8-12-27(25)29(2,3)28(26)19-24/h4-19H,1-3H3. The maximum Gasteiger partial charge on any atom is 0.159 e. The van der Waals surface area contributed by atoms with Gasteiger partial charge in [-0.2, -0.15) is 0 Å². The number of ketones is 1. The smallest absolute Gasteiger partial charge is 0.159 e. The first-order valence-corrected chi connectivity index (χ1v) is 10.7. The molecule has 0 fully saturated rings. The van der Waals surface area contributed by atoms with E-state index in [4.69, 9.17) is 0 Å². The second-order valence-corrected chi connectivity index (χ2v) is 8.67. The van der Waals surface area contributed by atoms with E-state index < -0.39 is 0 Å². The van der Waals surface area contributed by atoms with E-state index in [1.807, 2.05) is 30.3 Å². The van der Waals surface area contributed by atoms with Crippen LogP contribution in [0.15, 0.2) is 97.1 Å². The summed E-state index contributed by atoms with van der Waals surface area (Å²) in [6.45, 7) is 6.20. The number of benzene rings is 4. The quantitative estimate of drug-likeness (QED) is 0.326. The van der Waals surface area contributed by atoms with Crippen LogP contribution < -0.4 is 4.90 Å². The summed E-state index contributed by atoms with van der Waals surface area (Å²) in [5.41, 5.74) is 9.25. The van der Waals surface area contributed by atoms with Crippen molar-refractivity contribution < 1.29 is 4.79 Å². The first-order chi connectivity index (χ1) is 15.0. The fourth-order valence-electron chi connectivity index (χ4n) is 4.70. The van der Waals surface area contributed by atoms with Crippen molar-refractivity contribution in [1.82, 2.24) is 0 Å². The fourth-order valence-corrected chi connectivity index (χ4v) is 4.70. The van der Waals surface area contributed by atoms with Gasteiger partial charge in [0.05, 0.1) is 0 Å². The Kier molecular flexibility index (Phi) is 4.51. The minimum absolute atomic E-state index is 0.0528. The van der Waals surface area contributed by atoms with E-state index >= 15 is 0 Å². The summed E-state index contributed by atoms with van der Waals surface area (Å²) in [5, 5.41) is 0. The van der Waals surface area contributed by atoms with E-state index in [9.17, 15) is 4.79 Å². The third-order valence-electron chi connectivity index (χ3n) is 6.37. The van der Waals surface area contributed by atoms with Gasteiger partial charge in [-0.25, -0.2) is 0 Å². The molecule has 1 aliphatic carbocycles. The van der Waals surface area contributed by atoms with Crippen LogP contribution in [0.1, 0.15) is 42.3 Å². The first kappa shape index (κ1) is 19.3. The average molecular weight is 404 g/mol. The molecule has 0 saturated heterocycles. The third kappa shape index (κ3) is 3.16. The number of hydrogen-bond donors (Lipinski definition) is 0. The van der Waals surface area contributed by atoms with E-state index in [-0.39, 0.29) is 11.2 Å². The highest BCUT2D eigenvalue weighted by atomic mass is 16.1. The number of hydrogen-bond acceptors (Lipinski definition) is 2. The van der Waals surface area contributed by atoms with Crippen LogP contribution in [0.2, 0.25) is 0 Å². The molecule has 4 aromatic carbocycles. The number of rotatable bonds is 4. The molecule has 0 radical (unpaired) electrons. The molecule has 0 N–H and O–H groups in total. The van der Waals surface area contributed by atoms with Crippen molar-refractivity contribution in [2.24, 2.45) is 0 Å². The lowest BCUT2D eigenvalue weighted by molar-refractivity contribution is 0.101. The highest BCUT2D eigenvalue weighted by Gasteiger charge is 2.35. The number of carbonyl (C=O) groups excluding carboxylic acids is 1. The molecular weight excluding hydrogens is 378 g/mol. The van der Waals surface area contributed by atoms with E-state index in [0.717, 1.165) is 22.6 Å². The SMILES string of the molecule is CC(=O)c1ccc(N(c2ccccc2)c2ccc3c(c2)C(C)(C)c2ccccc2-3)cc1. The van der Waals surface area contributed by atoms with Crippen LogP contribution in [0.3, 0.4) is 0 Å². The number of para-hydroxylation sites is 1. The molecule has 0 heterocycles. The molecule has 0 atom stereocenters. The van der Waals surface area contributed by atoms with Gasteiger partial charge in [0.2, 0.25) is 0 Å². The summed E-state index contributed by atoms with van der Waals surface area (Å²) in [5.74, 6) is 0.0786. The normalized spacial score (nSPS) is 13.4. The number of Topliss-reactive ketones (excluding diaryl/α,β-unsaturated/α-hetero) is 1. The zero-order valence-electron chi connectivity index (χ0n) is 18.1. The molecule has 0 aromatic heterocycles. The maximum atomic E-state index is 11.8. The summed E-state index contributed by atoms with van der Waals surface area (Å²) < 4.78 is 0. The molecule has 152 valence electrons. The Hall–Kier alpha value is -3.65. The van der Waals surface area contributed by atoms with Gasteiger partial charge in [0, 0.05) is 28.0 Å². The second kappa shape index (κ2) is 7.24. The lowest BCUT2D eigenvalue weighted by Gasteiger charge is -2.28. The van der Waals surface area contributed by atoms with Crippen LogP contribution in [-0.2, 0) is 5.41 Å². The number of anilines is 3. The van der Waals surface area contributed by atoms with Crippen molar-refractivity contribution in [3.05, 3.63) is 114 Å². The van der Waals surface area contributed by atoms with Gasteiger partial charge in [-0.05, 0) is 77.7 Å². The molecule has 0 bridgehead atoms. The van der Waals surface area contributed by atoms with E-state index in [2.05, 4.69) is 85.5 Å². The zero-order valence-corrected chi connectivity index (χ0v) is 18.1. The van der Waals surface area contributed by atoms with Gasteiger partial charge in [0.25, 0.3) is 0 Å². The van der Waals surface area contributed by atoms with Crippen LogP contribution >= 0.6 is 0 Å². The van der Waals surface area contributed by atoms with Crippen molar-refractivity contribution in [3.63, 3.8) is 0 Å². The Morgan fingerprint density at radius 3 is 1.94 bits per heavy atom. The lowest BCUT2D eigenvalue weighted by atomic mass is 9.82. The Balaban J connectivity index is 1.67. The van der Waals surface area contributed by atoms with Gasteiger partial charge in [-0.1, -0.05) is 62.4 Å². The largest absolute Gasteiger partial charge is 0.310 e. The first-order valence-electron chi connectivity index (χ1n) is 10.7. The molecule has 1 aliphatic rings. The topological polar surface area (TPSA) is 20.3 Å². The van der Waals surface area contributed by atoms with Crippen molar-refractivity contribution in [2.75, 3.05) is 4.90 Å². The van der Waals surface area contributed by atoms with Crippen LogP contribution in [-0.4, -0.2) is 5.78 Å². The number of nitrogens with zero attached hydrogens (tertiary/aromatic N) is 1. The summed E-state index contributed by atoms with van der Waals surface area (Å²) in [7, 11) is 0. The third-order valence-corrected chi connectivity index (χ3v) is 6.37. The van der Waals surface area contributed by atoms with Crippen molar-refractivity contribution in [1.29, 1.82) is 0 Å². The Morgan fingerprint density at radius 2 is 1.23 bits per heavy atom. The molecular formula is C29H25NO. The Morgan fingerprint density at radius 1 is 0.645 bits per heavy atom. The maximum absolute atomic E-state index is 11.8. The molecule has 0 saturated carbocycles. The molecule has 4 aromatic rings. The molecule has 31 heavy (non-hydrogen) atoms. The minimum atomic E-state index is -0.0528. The van der Waals surface area contributed by atoms with Crippen LogP contribution in [0.5, 0.6) is 0 Å². The number of carbonyl (C=O) groups is 1. The van der Waals surface area contributed by atoms with Crippen molar-refractivity contribution >= 4 is 22.8 Å². The van der Waals surface area contributed by atoms with Crippen LogP contribution in [0, 0.1) is 0 Å². The van der Waals surface area contributed by atoms with E-state index in [0.29, 0.717) is 0 Å². The van der Waals surface area contributed by atoms with Crippen molar-refractivity contribution in [3.8, 4) is 11.1 Å². The van der Waals surface area contributed by atoms with E-state index in [1.54, 1.807) is 6.92 Å². The monoisotopic (exact) mass is 403 g/mol. The second-order valence-electron chi connectivity index (χ2n) is 8.67. The molecule has 0 amide bonds. The van der Waals surface area contributed by atoms with Crippen molar-refractivity contribution in [2.45, 2.75) is 26.2 Å². The molecule has 5 rings (SSSR count). The fraction of sp³-hybridized carbons (Fsp3) is 0.138. The summed E-state index contributed by atoms with van der Waals surface area (Å²) in [4.78, 5) is 14.0. The number of fused-ring (bicyclic) bond motifs is 3. The van der Waals surface area contributed by atoms with Gasteiger partial charge in [-0.15, -0.1) is 0 Å². The predicted octanol–water partition coefficient (Wildman–Crippen LogP) is 7.67. The zero-order chi connectivity index (χ0) is 21.6. The van der Waals surface area contributed by atoms with Gasteiger partial charge in [0.1, 0.15) is 0 Å². The van der Waals surface area contributed by atoms with Gasteiger partial charge >= 0.3 is 0 Å². The van der Waals surface area contributed by atoms with Crippen LogP contribution in [0.4, 0.5) is 17.1 Å². The minimum Gasteiger partial charge on any atom is -0.310 e. The molecule has 0 spiro atoms. The molecule has 0 aliphatic heterocycles. The summed E-state index contributed by atoms with van der Waals surface area (Å²) in [6, 6.07) is 33.7. The highest BCUT2D eigenvalue weighted by molar-refractivity contribution is 5.94. The molecule has 2 heteroatoms. The van der Waals surface area contributed by atoms with Gasteiger partial charge < -0.3 is 4.90 Å². The van der Waals surface area contributed by atoms with Crippen LogP contribution in [0.25, 0.3) is 11.1 Å². The Bertz CT molecular complexity index is 1270. The van der Waals surface area contributed by atoms with Gasteiger partial charge in [-0.3, -0.25) is 4.79 Å². The molecule has 0 unspecified atom stereocenters. The summed E-state index contributed by atoms with van der Waals surface area (Å²) >= 11 is 0. The average Bonchev–Trinajstić information content (AvgIpc) is 3.02. The van der Waals surface area contributed by atoms with Gasteiger partial charge in [0.15, 0.2) is 5.78 Å². The Labute approximate surface area is 183 Å². The molecule has 2 nitrogen and oxygen atoms in total. The summed E-state index contributed by atoms with van der Waals surface area (Å²) in [6.07, 6.45) is 0. The lowest BCUT2D eigenvalue weighted by Crippen LogP contribution is -2.16. The van der Waals surface area contributed by atoms with E-state index in [1.165, 1.54) is 22.3 Å². The highest BCUT2D eigenvalue weighted by Crippen LogP contribution is 2.50.